The molecule has 45 heavy (non-hydrogen) atoms. The van der Waals surface area contributed by atoms with Gasteiger partial charge in [-0.15, -0.1) is 0 Å². The molecular weight excluding hydrogens is 604 g/mol. The second-order valence-electron chi connectivity index (χ2n) is 10.6. The Kier molecular flexibility index (Phi) is 9.59. The van der Waals surface area contributed by atoms with Gasteiger partial charge in [0.2, 0.25) is 10.0 Å². The van der Waals surface area contributed by atoms with Gasteiger partial charge in [-0.2, -0.15) is 4.72 Å². The number of anilines is 1. The summed E-state index contributed by atoms with van der Waals surface area (Å²) in [6.07, 6.45) is 1.45. The number of carboxylic acid groups (broad SMARTS) is 1. The highest BCUT2D eigenvalue weighted by atomic mass is 32.2. The molecule has 15 heteroatoms. The third-order valence-electron chi connectivity index (χ3n) is 7.35. The van der Waals surface area contributed by atoms with Crippen molar-refractivity contribution in [1.82, 2.24) is 19.9 Å². The molecule has 2 aliphatic heterocycles. The first-order chi connectivity index (χ1) is 21.6. The molecule has 0 saturated carbocycles. The van der Waals surface area contributed by atoms with E-state index < -0.39 is 52.2 Å². The molecule has 0 radical (unpaired) electrons. The third kappa shape index (κ3) is 7.93. The Balaban J connectivity index is 1.21. The van der Waals surface area contributed by atoms with Crippen LogP contribution in [0.2, 0.25) is 0 Å². The molecule has 1 aromatic heterocycles. The van der Waals surface area contributed by atoms with Crippen molar-refractivity contribution in [3.63, 3.8) is 0 Å². The number of carboxylic acids is 1. The number of nitrogens with one attached hydrogen (secondary N) is 3. The van der Waals surface area contributed by atoms with Gasteiger partial charge in [0.25, 0.3) is 5.91 Å². The summed E-state index contributed by atoms with van der Waals surface area (Å²) in [6, 6.07) is 19.9. The van der Waals surface area contributed by atoms with E-state index in [9.17, 15) is 27.9 Å². The first-order valence-corrected chi connectivity index (χ1v) is 15.6. The van der Waals surface area contributed by atoms with E-state index in [1.165, 1.54) is 29.2 Å². The summed E-state index contributed by atoms with van der Waals surface area (Å²) >= 11 is 0. The topological polar surface area (TPSA) is 189 Å². The number of amides is 2. The number of sulfonamides is 1. The quantitative estimate of drug-likeness (QED) is 0.229. The zero-order valence-corrected chi connectivity index (χ0v) is 24.9. The Morgan fingerprint density at radius 3 is 2.44 bits per heavy atom. The molecule has 236 valence electrons. The SMILES string of the molecule is O=C(NCC(NS(=O)(=O)c1ccccc1)C(=O)O)C1=NO[C@]2(C1)CC(CNc1ccccn1)N(C(=O)OCc1ccccc1)C2. The number of nitrogens with zero attached hydrogens (tertiary/aromatic N) is 3. The summed E-state index contributed by atoms with van der Waals surface area (Å²) in [4.78, 5) is 49.5. The van der Waals surface area contributed by atoms with Gasteiger partial charge in [0, 0.05) is 32.1 Å². The Bertz CT molecular complexity index is 1640. The number of hydrogen-bond acceptors (Lipinski definition) is 10. The van der Waals surface area contributed by atoms with Crippen LogP contribution >= 0.6 is 0 Å². The lowest BCUT2D eigenvalue weighted by Crippen LogP contribution is -2.49. The van der Waals surface area contributed by atoms with Crippen LogP contribution in [0.15, 0.2) is 95.1 Å². The van der Waals surface area contributed by atoms with E-state index in [2.05, 4.69) is 25.5 Å². The molecule has 0 aliphatic carbocycles. The molecule has 14 nitrogen and oxygen atoms in total. The maximum absolute atomic E-state index is 13.2. The number of aliphatic carboxylic acids is 1. The van der Waals surface area contributed by atoms with Crippen LogP contribution < -0.4 is 15.4 Å². The Labute approximate surface area is 259 Å². The molecule has 0 bridgehead atoms. The van der Waals surface area contributed by atoms with Crippen molar-refractivity contribution in [3.8, 4) is 0 Å². The fraction of sp³-hybridized carbons (Fsp3) is 0.300. The predicted molar refractivity (Wildman–Crippen MR) is 162 cm³/mol. The number of likely N-dealkylation sites (tertiary alicyclic amines) is 1. The van der Waals surface area contributed by atoms with Gasteiger partial charge in [-0.3, -0.25) is 14.5 Å². The molecule has 1 saturated heterocycles. The molecule has 3 aromatic rings. The summed E-state index contributed by atoms with van der Waals surface area (Å²) in [5.74, 6) is -1.57. The predicted octanol–water partition coefficient (Wildman–Crippen LogP) is 1.97. The lowest BCUT2D eigenvalue weighted by molar-refractivity contribution is -0.138. The highest BCUT2D eigenvalue weighted by Crippen LogP contribution is 2.38. The molecule has 2 aromatic carbocycles. The first kappa shape index (κ1) is 31.4. The van der Waals surface area contributed by atoms with Crippen LogP contribution in [0.4, 0.5) is 10.6 Å². The van der Waals surface area contributed by atoms with Crippen LogP contribution in [0.1, 0.15) is 18.4 Å². The standard InChI is InChI=1S/C30H32N6O8S/c37-27(33-18-25(28(38)39)35-45(41,42)23-11-5-2-6-12-23)24-16-30(44-34-24)15-22(17-32-26-13-7-8-14-31-26)36(20-30)29(40)43-19-21-9-3-1-4-10-21/h1-14,22,25,35H,15-20H2,(H,31,32)(H,33,37)(H,38,39)/t22?,25?,30-/m0/s1. The lowest BCUT2D eigenvalue weighted by Gasteiger charge is -2.24. The van der Waals surface area contributed by atoms with Gasteiger partial charge < -0.3 is 25.3 Å². The second-order valence-corrected chi connectivity index (χ2v) is 12.4. The minimum absolute atomic E-state index is 0.0130. The summed E-state index contributed by atoms with van der Waals surface area (Å²) in [5, 5.41) is 19.2. The number of carbonyl (C=O) groups is 3. The summed E-state index contributed by atoms with van der Waals surface area (Å²) in [6.45, 7) is -0.0514. The van der Waals surface area contributed by atoms with Crippen LogP contribution in [0.25, 0.3) is 0 Å². The van der Waals surface area contributed by atoms with E-state index in [4.69, 9.17) is 9.57 Å². The number of ether oxygens (including phenoxy) is 1. The van der Waals surface area contributed by atoms with Gasteiger partial charge in [-0.05, 0) is 29.8 Å². The Morgan fingerprint density at radius 1 is 1.04 bits per heavy atom. The largest absolute Gasteiger partial charge is 0.480 e. The number of hydrogen-bond donors (Lipinski definition) is 4. The van der Waals surface area contributed by atoms with Gasteiger partial charge in [-0.1, -0.05) is 59.8 Å². The average molecular weight is 637 g/mol. The molecule has 1 spiro atoms. The normalized spacial score (nSPS) is 19.8. The number of benzene rings is 2. The number of aromatic nitrogens is 1. The molecular formula is C30H32N6O8S. The number of oxime groups is 1. The van der Waals surface area contributed by atoms with Crippen LogP contribution in [-0.2, 0) is 35.8 Å². The second kappa shape index (κ2) is 13.7. The van der Waals surface area contributed by atoms with E-state index in [0.29, 0.717) is 18.8 Å². The molecule has 1 fully saturated rings. The number of pyridine rings is 1. The highest BCUT2D eigenvalue weighted by molar-refractivity contribution is 7.89. The summed E-state index contributed by atoms with van der Waals surface area (Å²) < 4.78 is 32.9. The maximum Gasteiger partial charge on any atom is 0.410 e. The highest BCUT2D eigenvalue weighted by Gasteiger charge is 2.52. The van der Waals surface area contributed by atoms with Crippen molar-refractivity contribution in [2.24, 2.45) is 5.16 Å². The van der Waals surface area contributed by atoms with E-state index in [-0.39, 0.29) is 30.2 Å². The molecule has 2 aliphatic rings. The van der Waals surface area contributed by atoms with Crippen LogP contribution in [-0.4, -0.2) is 84.4 Å². The van der Waals surface area contributed by atoms with Crippen LogP contribution in [0, 0.1) is 0 Å². The molecule has 3 heterocycles. The van der Waals surface area contributed by atoms with Crippen molar-refractivity contribution in [1.29, 1.82) is 0 Å². The number of rotatable bonds is 12. The minimum Gasteiger partial charge on any atom is -0.480 e. The van der Waals surface area contributed by atoms with Crippen molar-refractivity contribution in [3.05, 3.63) is 90.6 Å². The van der Waals surface area contributed by atoms with Gasteiger partial charge in [0.05, 0.1) is 17.5 Å². The van der Waals surface area contributed by atoms with Crippen molar-refractivity contribution in [2.75, 3.05) is 25.0 Å². The lowest BCUT2D eigenvalue weighted by atomic mass is 9.94. The monoisotopic (exact) mass is 636 g/mol. The third-order valence-corrected chi connectivity index (χ3v) is 8.83. The minimum atomic E-state index is -4.16. The average Bonchev–Trinajstić information content (AvgIpc) is 3.65. The van der Waals surface area contributed by atoms with E-state index >= 15 is 0 Å². The van der Waals surface area contributed by atoms with E-state index in [0.717, 1.165) is 5.56 Å². The van der Waals surface area contributed by atoms with Crippen molar-refractivity contribution >= 4 is 39.5 Å². The zero-order valence-electron chi connectivity index (χ0n) is 24.0. The maximum atomic E-state index is 13.2. The van der Waals surface area contributed by atoms with Crippen molar-refractivity contribution < 1.29 is 37.5 Å². The Morgan fingerprint density at radius 2 is 1.76 bits per heavy atom. The van der Waals surface area contributed by atoms with Gasteiger partial charge in [0.1, 0.15) is 24.2 Å². The molecule has 2 unspecified atom stereocenters. The van der Waals surface area contributed by atoms with Gasteiger partial charge in [-0.25, -0.2) is 18.2 Å². The molecule has 2 amide bonds. The molecule has 4 N–H and O–H groups in total. The van der Waals surface area contributed by atoms with Gasteiger partial charge in [0.15, 0.2) is 5.60 Å². The molecule has 5 rings (SSSR count). The van der Waals surface area contributed by atoms with E-state index in [1.54, 1.807) is 24.4 Å². The van der Waals surface area contributed by atoms with Crippen LogP contribution in [0.3, 0.4) is 0 Å². The summed E-state index contributed by atoms with van der Waals surface area (Å²) in [7, 11) is -4.16. The van der Waals surface area contributed by atoms with Crippen LogP contribution in [0.5, 0.6) is 0 Å². The number of carbonyl (C=O) groups excluding carboxylic acids is 2. The first-order valence-electron chi connectivity index (χ1n) is 14.1. The zero-order chi connectivity index (χ0) is 31.9. The Hall–Kier alpha value is -5.02. The summed E-state index contributed by atoms with van der Waals surface area (Å²) in [5.41, 5.74) is -0.204. The van der Waals surface area contributed by atoms with Gasteiger partial charge >= 0.3 is 12.1 Å². The fourth-order valence-electron chi connectivity index (χ4n) is 5.10. The van der Waals surface area contributed by atoms with E-state index in [1.807, 2.05) is 36.4 Å². The fourth-order valence-corrected chi connectivity index (χ4v) is 6.31. The smallest absolute Gasteiger partial charge is 0.410 e. The molecule has 3 atom stereocenters. The van der Waals surface area contributed by atoms with Crippen molar-refractivity contribution in [2.45, 2.75) is 42.0 Å².